The fourth-order valence-electron chi connectivity index (χ4n) is 2.59. The van der Waals surface area contributed by atoms with Gasteiger partial charge in [-0.05, 0) is 30.9 Å². The van der Waals surface area contributed by atoms with Gasteiger partial charge in [-0.15, -0.1) is 0 Å². The number of nitrogen functional groups attached to an aromatic ring is 1. The van der Waals surface area contributed by atoms with Crippen LogP contribution in [0.3, 0.4) is 0 Å². The van der Waals surface area contributed by atoms with Gasteiger partial charge in [0.2, 0.25) is 0 Å². The minimum absolute atomic E-state index is 0.203. The first-order valence-corrected chi connectivity index (χ1v) is 7.20. The number of carbonyl (C=O) groups excluding carboxylic acids is 1. The van der Waals surface area contributed by atoms with Gasteiger partial charge in [-0.2, -0.15) is 0 Å². The lowest BCUT2D eigenvalue weighted by molar-refractivity contribution is 0.0940. The Morgan fingerprint density at radius 1 is 1.40 bits per heavy atom. The van der Waals surface area contributed by atoms with Crippen LogP contribution in [0.15, 0.2) is 24.3 Å². The fraction of sp³-hybridized carbons (Fsp3) is 0.533. The maximum absolute atomic E-state index is 11.8. The molecule has 5 nitrogen and oxygen atoms in total. The molecule has 0 heterocycles. The summed E-state index contributed by atoms with van der Waals surface area (Å²) in [5.41, 5.74) is 3.81. The largest absolute Gasteiger partial charge is 0.396 e. The van der Waals surface area contributed by atoms with E-state index in [1.165, 1.54) is 19.3 Å². The third-order valence-electron chi connectivity index (χ3n) is 3.96. The van der Waals surface area contributed by atoms with E-state index in [-0.39, 0.29) is 12.5 Å². The lowest BCUT2D eigenvalue weighted by atomic mass is 9.90. The van der Waals surface area contributed by atoms with E-state index in [1.54, 1.807) is 6.07 Å². The van der Waals surface area contributed by atoms with Crippen LogP contribution in [0.25, 0.3) is 0 Å². The molecule has 1 fully saturated rings. The molecule has 110 valence electrons. The number of benzene rings is 1. The van der Waals surface area contributed by atoms with Crippen LogP contribution in [0.2, 0.25) is 0 Å². The van der Waals surface area contributed by atoms with Crippen molar-refractivity contribution in [1.82, 2.24) is 10.3 Å². The number of rotatable bonds is 7. The molecule has 0 bridgehead atoms. The van der Waals surface area contributed by atoms with E-state index in [9.17, 15) is 4.79 Å². The van der Waals surface area contributed by atoms with Crippen molar-refractivity contribution in [2.45, 2.75) is 38.3 Å². The second kappa shape index (κ2) is 7.38. The Bertz CT molecular complexity index is 446. The normalized spacial score (nSPS) is 15.2. The van der Waals surface area contributed by atoms with E-state index in [1.807, 2.05) is 18.2 Å². The molecule has 0 spiro atoms. The summed E-state index contributed by atoms with van der Waals surface area (Å²) in [5.74, 6) is 4.98. The van der Waals surface area contributed by atoms with Crippen LogP contribution in [-0.4, -0.2) is 35.1 Å². The van der Waals surface area contributed by atoms with E-state index in [0.29, 0.717) is 11.6 Å². The quantitative estimate of drug-likeness (QED) is 0.395. The average Bonchev–Trinajstić information content (AvgIpc) is 2.42. The molecule has 0 saturated heterocycles. The third kappa shape index (κ3) is 3.56. The molecule has 2 rings (SSSR count). The molecule has 20 heavy (non-hydrogen) atoms. The first kappa shape index (κ1) is 15.0. The van der Waals surface area contributed by atoms with Crippen LogP contribution in [-0.2, 0) is 6.54 Å². The molecule has 0 radical (unpaired) electrons. The highest BCUT2D eigenvalue weighted by molar-refractivity contribution is 5.95. The molecule has 0 aromatic heterocycles. The van der Waals surface area contributed by atoms with Gasteiger partial charge in [0.05, 0.1) is 0 Å². The van der Waals surface area contributed by atoms with Gasteiger partial charge in [-0.1, -0.05) is 24.6 Å². The molecule has 1 aliphatic rings. The zero-order valence-electron chi connectivity index (χ0n) is 11.7. The number of aliphatic hydroxyl groups is 1. The maximum atomic E-state index is 11.8. The van der Waals surface area contributed by atoms with Crippen molar-refractivity contribution in [1.29, 1.82) is 0 Å². The second-order valence-electron chi connectivity index (χ2n) is 5.26. The van der Waals surface area contributed by atoms with Crippen LogP contribution in [0, 0.1) is 0 Å². The molecule has 4 N–H and O–H groups in total. The summed E-state index contributed by atoms with van der Waals surface area (Å²) in [5, 5.41) is 9.03. The molecule has 0 atom stereocenters. The van der Waals surface area contributed by atoms with Crippen LogP contribution in [0.4, 0.5) is 0 Å². The number of nitrogens with one attached hydrogen (secondary N) is 1. The summed E-state index contributed by atoms with van der Waals surface area (Å²) in [6.07, 6.45) is 4.44. The SMILES string of the molecule is NNC(=O)c1ccccc1CN(CCCO)C1CCC1. The predicted molar refractivity (Wildman–Crippen MR) is 77.8 cm³/mol. The monoisotopic (exact) mass is 277 g/mol. The zero-order chi connectivity index (χ0) is 14.4. The Balaban J connectivity index is 2.10. The van der Waals surface area contributed by atoms with Crippen molar-refractivity contribution in [3.05, 3.63) is 35.4 Å². The number of nitrogens with zero attached hydrogens (tertiary/aromatic N) is 1. The van der Waals surface area contributed by atoms with E-state index in [4.69, 9.17) is 10.9 Å². The molecule has 1 amide bonds. The molecule has 1 aromatic rings. The second-order valence-corrected chi connectivity index (χ2v) is 5.26. The van der Waals surface area contributed by atoms with Crippen molar-refractivity contribution >= 4 is 5.91 Å². The first-order valence-electron chi connectivity index (χ1n) is 7.20. The van der Waals surface area contributed by atoms with Gasteiger partial charge >= 0.3 is 0 Å². The smallest absolute Gasteiger partial charge is 0.265 e. The molecule has 0 aliphatic heterocycles. The average molecular weight is 277 g/mol. The Hall–Kier alpha value is -1.43. The van der Waals surface area contributed by atoms with E-state index < -0.39 is 0 Å². The molecule has 0 unspecified atom stereocenters. The van der Waals surface area contributed by atoms with Gasteiger partial charge in [0.1, 0.15) is 0 Å². The number of hydrazine groups is 1. The molecule has 1 aromatic carbocycles. The summed E-state index contributed by atoms with van der Waals surface area (Å²) < 4.78 is 0. The standard InChI is InChI=1S/C15H23N3O2/c16-17-15(20)14-8-2-1-5-12(14)11-18(9-4-10-19)13-6-3-7-13/h1-2,5,8,13,19H,3-4,6-7,9-11,16H2,(H,17,20). The van der Waals surface area contributed by atoms with Gasteiger partial charge in [-0.3, -0.25) is 15.1 Å². The minimum Gasteiger partial charge on any atom is -0.396 e. The van der Waals surface area contributed by atoms with Gasteiger partial charge in [-0.25, -0.2) is 5.84 Å². The van der Waals surface area contributed by atoms with Crippen molar-refractivity contribution < 1.29 is 9.90 Å². The zero-order valence-corrected chi connectivity index (χ0v) is 11.7. The van der Waals surface area contributed by atoms with Crippen molar-refractivity contribution in [3.63, 3.8) is 0 Å². The molecule has 1 saturated carbocycles. The van der Waals surface area contributed by atoms with Gasteiger partial charge in [0, 0.05) is 31.3 Å². The van der Waals surface area contributed by atoms with Crippen molar-refractivity contribution in [2.75, 3.05) is 13.2 Å². The Kier molecular flexibility index (Phi) is 5.52. The number of carbonyl (C=O) groups is 1. The highest BCUT2D eigenvalue weighted by Crippen LogP contribution is 2.27. The highest BCUT2D eigenvalue weighted by Gasteiger charge is 2.25. The van der Waals surface area contributed by atoms with Crippen molar-refractivity contribution in [2.24, 2.45) is 5.84 Å². The molecular formula is C15H23N3O2. The summed E-state index contributed by atoms with van der Waals surface area (Å²) in [7, 11) is 0. The Morgan fingerprint density at radius 2 is 2.15 bits per heavy atom. The van der Waals surface area contributed by atoms with Crippen molar-refractivity contribution in [3.8, 4) is 0 Å². The lowest BCUT2D eigenvalue weighted by Crippen LogP contribution is -2.41. The van der Waals surface area contributed by atoms with Gasteiger partial charge in [0.15, 0.2) is 0 Å². The minimum atomic E-state index is -0.253. The summed E-state index contributed by atoms with van der Waals surface area (Å²) >= 11 is 0. The van der Waals surface area contributed by atoms with Crippen LogP contribution >= 0.6 is 0 Å². The first-order chi connectivity index (χ1) is 9.76. The van der Waals surface area contributed by atoms with E-state index in [2.05, 4.69) is 10.3 Å². The molecule has 5 heteroatoms. The fourth-order valence-corrected chi connectivity index (χ4v) is 2.59. The van der Waals surface area contributed by atoms with Gasteiger partial charge in [0.25, 0.3) is 5.91 Å². The Labute approximate surface area is 119 Å². The van der Waals surface area contributed by atoms with E-state index >= 15 is 0 Å². The summed E-state index contributed by atoms with van der Waals surface area (Å²) in [6.45, 7) is 1.79. The number of nitrogens with two attached hydrogens (primary N) is 1. The van der Waals surface area contributed by atoms with E-state index in [0.717, 1.165) is 25.1 Å². The van der Waals surface area contributed by atoms with Crippen LogP contribution in [0.5, 0.6) is 0 Å². The van der Waals surface area contributed by atoms with Crippen LogP contribution in [0.1, 0.15) is 41.6 Å². The number of hydrogen-bond acceptors (Lipinski definition) is 4. The topological polar surface area (TPSA) is 78.6 Å². The number of amides is 1. The number of hydrogen-bond donors (Lipinski definition) is 3. The third-order valence-corrected chi connectivity index (χ3v) is 3.96. The summed E-state index contributed by atoms with van der Waals surface area (Å²) in [4.78, 5) is 14.2. The van der Waals surface area contributed by atoms with Gasteiger partial charge < -0.3 is 5.11 Å². The molecular weight excluding hydrogens is 254 g/mol. The predicted octanol–water partition coefficient (Wildman–Crippen LogP) is 1.03. The highest BCUT2D eigenvalue weighted by atomic mass is 16.3. The Morgan fingerprint density at radius 3 is 2.75 bits per heavy atom. The number of aliphatic hydroxyl groups excluding tert-OH is 1. The van der Waals surface area contributed by atoms with Crippen LogP contribution < -0.4 is 11.3 Å². The maximum Gasteiger partial charge on any atom is 0.265 e. The molecule has 1 aliphatic carbocycles. The lowest BCUT2D eigenvalue weighted by Gasteiger charge is -2.38. The summed E-state index contributed by atoms with van der Waals surface area (Å²) in [6, 6.07) is 8.12.